The summed E-state index contributed by atoms with van der Waals surface area (Å²) in [5.41, 5.74) is 1.65. The molecule has 164 valence electrons. The van der Waals surface area contributed by atoms with E-state index in [2.05, 4.69) is 42.0 Å². The number of rotatable bonds is 6. The second-order valence-electron chi connectivity index (χ2n) is 7.34. The van der Waals surface area contributed by atoms with Crippen molar-refractivity contribution in [1.82, 2.24) is 24.3 Å². The highest BCUT2D eigenvalue weighted by Gasteiger charge is 2.25. The fourth-order valence-electron chi connectivity index (χ4n) is 3.76. The maximum Gasteiger partial charge on any atom is 0.248 e. The summed E-state index contributed by atoms with van der Waals surface area (Å²) in [4.78, 5) is 31.7. The van der Waals surface area contributed by atoms with Gasteiger partial charge in [0.1, 0.15) is 17.5 Å². The molecule has 1 unspecified atom stereocenters. The van der Waals surface area contributed by atoms with E-state index < -0.39 is 0 Å². The van der Waals surface area contributed by atoms with E-state index in [1.54, 1.807) is 12.4 Å². The summed E-state index contributed by atoms with van der Waals surface area (Å²) in [7, 11) is 1.47. The number of hydrogen-bond acceptors (Lipinski definition) is 9. The lowest BCUT2D eigenvalue weighted by Crippen LogP contribution is -2.43. The molecule has 1 amide bonds. The molecule has 1 atom stereocenters. The molecule has 3 aromatic heterocycles. The van der Waals surface area contributed by atoms with E-state index in [0.717, 1.165) is 25.2 Å². The molecule has 0 aromatic carbocycles. The second-order valence-corrected chi connectivity index (χ2v) is 7.34. The lowest BCUT2D eigenvalue weighted by atomic mass is 10.1. The molecule has 0 saturated carbocycles. The molecule has 1 aliphatic rings. The fourth-order valence-corrected chi connectivity index (χ4v) is 3.76. The first kappa shape index (κ1) is 21.0. The third-order valence-corrected chi connectivity index (χ3v) is 5.25. The maximum absolute atomic E-state index is 11.8. The van der Waals surface area contributed by atoms with Crippen LogP contribution in [-0.4, -0.2) is 56.5 Å². The maximum atomic E-state index is 11.8. The van der Waals surface area contributed by atoms with Gasteiger partial charge in [0, 0.05) is 31.5 Å². The van der Waals surface area contributed by atoms with Crippen molar-refractivity contribution in [2.45, 2.75) is 25.8 Å². The number of carbonyl (C=O) groups is 1. The van der Waals surface area contributed by atoms with Crippen molar-refractivity contribution in [2.75, 3.05) is 35.7 Å². The zero-order chi connectivity index (χ0) is 22.7. The molecular weight excluding hydrogens is 410 g/mol. The predicted octanol–water partition coefficient (Wildman–Crippen LogP) is 1.91. The number of methoxy groups -OCH3 is 1. The van der Waals surface area contributed by atoms with Crippen LogP contribution in [0.3, 0.4) is 0 Å². The second kappa shape index (κ2) is 8.89. The zero-order valence-corrected chi connectivity index (χ0v) is 17.9. The van der Waals surface area contributed by atoms with Gasteiger partial charge < -0.3 is 20.3 Å². The van der Waals surface area contributed by atoms with Crippen LogP contribution in [0.1, 0.15) is 24.1 Å². The molecule has 3 aromatic rings. The minimum absolute atomic E-state index is 0.0689. The Labute approximate surface area is 184 Å². The van der Waals surface area contributed by atoms with Gasteiger partial charge in [-0.05, 0) is 25.8 Å². The Morgan fingerprint density at radius 3 is 3.00 bits per heavy atom. The van der Waals surface area contributed by atoms with Crippen LogP contribution in [0.25, 0.3) is 5.65 Å². The van der Waals surface area contributed by atoms with Crippen molar-refractivity contribution >= 4 is 29.1 Å². The molecular formula is C21H23N9O2. The lowest BCUT2D eigenvalue weighted by Gasteiger charge is -2.34. The van der Waals surface area contributed by atoms with E-state index in [1.165, 1.54) is 19.4 Å². The number of amides is 1. The van der Waals surface area contributed by atoms with Gasteiger partial charge in [-0.1, -0.05) is 6.58 Å². The Morgan fingerprint density at radius 2 is 2.25 bits per heavy atom. The summed E-state index contributed by atoms with van der Waals surface area (Å²) in [5.74, 6) is 1.68. The van der Waals surface area contributed by atoms with E-state index >= 15 is 0 Å². The normalized spacial score (nSPS) is 15.8. The number of imidazole rings is 1. The number of carbonyl (C=O) groups excluding carboxylic acids is 1. The van der Waals surface area contributed by atoms with Crippen LogP contribution in [0.5, 0.6) is 5.88 Å². The summed E-state index contributed by atoms with van der Waals surface area (Å²) in [6.07, 6.45) is 8.01. The van der Waals surface area contributed by atoms with Crippen LogP contribution < -0.4 is 20.3 Å². The van der Waals surface area contributed by atoms with Gasteiger partial charge in [0.25, 0.3) is 0 Å². The highest BCUT2D eigenvalue weighted by Crippen LogP contribution is 2.27. The monoisotopic (exact) mass is 433 g/mol. The van der Waals surface area contributed by atoms with E-state index in [-0.39, 0.29) is 23.4 Å². The molecule has 11 heteroatoms. The number of ether oxygens (including phenoxy) is 1. The number of nitriles is 1. The number of nitrogens with zero attached hydrogens (tertiary/aromatic N) is 7. The van der Waals surface area contributed by atoms with Gasteiger partial charge in [-0.25, -0.2) is 15.0 Å². The minimum Gasteiger partial charge on any atom is -0.480 e. The molecule has 0 radical (unpaired) electrons. The van der Waals surface area contributed by atoms with Crippen molar-refractivity contribution in [3.05, 3.63) is 42.5 Å². The highest BCUT2D eigenvalue weighted by molar-refractivity contribution is 5.99. The van der Waals surface area contributed by atoms with Gasteiger partial charge >= 0.3 is 0 Å². The largest absolute Gasteiger partial charge is 0.480 e. The zero-order valence-electron chi connectivity index (χ0n) is 17.9. The first-order chi connectivity index (χ1) is 15.5. The molecule has 32 heavy (non-hydrogen) atoms. The molecule has 0 bridgehead atoms. The van der Waals surface area contributed by atoms with Gasteiger partial charge in [0.15, 0.2) is 11.5 Å². The Bertz CT molecular complexity index is 1210. The Balaban J connectivity index is 1.57. The van der Waals surface area contributed by atoms with Crippen molar-refractivity contribution in [1.29, 1.82) is 5.26 Å². The summed E-state index contributed by atoms with van der Waals surface area (Å²) in [5, 5.41) is 15.2. The van der Waals surface area contributed by atoms with Crippen molar-refractivity contribution in [3.8, 4) is 11.9 Å². The smallest absolute Gasteiger partial charge is 0.248 e. The van der Waals surface area contributed by atoms with Gasteiger partial charge in [0.05, 0.1) is 19.0 Å². The van der Waals surface area contributed by atoms with Crippen LogP contribution in [0, 0.1) is 18.3 Å². The molecule has 1 saturated heterocycles. The number of fused-ring (bicyclic) bond motifs is 1. The highest BCUT2D eigenvalue weighted by atomic mass is 16.5. The summed E-state index contributed by atoms with van der Waals surface area (Å²) in [6, 6.07) is 2.08. The summed E-state index contributed by atoms with van der Waals surface area (Å²) < 4.78 is 7.00. The SMILES string of the molecule is C=CC(=O)Nc1c(C)nc2c(N3CCCC(Nc4ncc(C#N)c(OC)n4)C3)nccn12. The first-order valence-electron chi connectivity index (χ1n) is 10.1. The average molecular weight is 433 g/mol. The quantitative estimate of drug-likeness (QED) is 0.559. The van der Waals surface area contributed by atoms with E-state index in [9.17, 15) is 4.79 Å². The standard InChI is InChI=1S/C21H23N9O2/c1-4-16(31)27-17-13(2)25-19-18(23-7-9-30(17)19)29-8-5-6-15(12-29)26-21-24-11-14(10-22)20(28-21)32-3/h4,7,9,11,15H,1,5-6,8,12H2,2-3H3,(H,27,31)(H,24,26,28). The van der Waals surface area contributed by atoms with E-state index in [1.807, 2.05) is 17.4 Å². The van der Waals surface area contributed by atoms with E-state index in [0.29, 0.717) is 29.7 Å². The topological polar surface area (TPSA) is 133 Å². The van der Waals surface area contributed by atoms with Gasteiger partial charge in [0.2, 0.25) is 17.7 Å². The molecule has 0 spiro atoms. The van der Waals surface area contributed by atoms with Crippen LogP contribution in [0.15, 0.2) is 31.2 Å². The molecule has 11 nitrogen and oxygen atoms in total. The van der Waals surface area contributed by atoms with Crippen molar-refractivity contribution in [3.63, 3.8) is 0 Å². The number of nitrogens with one attached hydrogen (secondary N) is 2. The number of anilines is 3. The van der Waals surface area contributed by atoms with Gasteiger partial charge in [-0.3, -0.25) is 9.20 Å². The predicted molar refractivity (Wildman–Crippen MR) is 119 cm³/mol. The number of aromatic nitrogens is 5. The van der Waals surface area contributed by atoms with E-state index in [4.69, 9.17) is 10.00 Å². The van der Waals surface area contributed by atoms with Crippen molar-refractivity contribution < 1.29 is 9.53 Å². The molecule has 1 fully saturated rings. The average Bonchev–Trinajstić information content (AvgIpc) is 3.14. The van der Waals surface area contributed by atoms with Crippen LogP contribution in [-0.2, 0) is 4.79 Å². The minimum atomic E-state index is -0.298. The fraction of sp³-hybridized carbons (Fsp3) is 0.333. The number of piperidine rings is 1. The van der Waals surface area contributed by atoms with Crippen molar-refractivity contribution in [2.24, 2.45) is 0 Å². The van der Waals surface area contributed by atoms with Crippen LogP contribution in [0.4, 0.5) is 17.6 Å². The molecule has 0 aliphatic carbocycles. The van der Waals surface area contributed by atoms with Gasteiger partial charge in [-0.15, -0.1) is 0 Å². The third kappa shape index (κ3) is 4.02. The number of hydrogen-bond donors (Lipinski definition) is 2. The summed E-state index contributed by atoms with van der Waals surface area (Å²) in [6.45, 7) is 6.83. The summed E-state index contributed by atoms with van der Waals surface area (Å²) >= 11 is 0. The van der Waals surface area contributed by atoms with Crippen LogP contribution in [0.2, 0.25) is 0 Å². The Hall–Kier alpha value is -4.20. The molecule has 2 N–H and O–H groups in total. The molecule has 4 heterocycles. The molecule has 4 rings (SSSR count). The van der Waals surface area contributed by atoms with Gasteiger partial charge in [-0.2, -0.15) is 10.2 Å². The molecule has 1 aliphatic heterocycles. The first-order valence-corrected chi connectivity index (χ1v) is 10.1. The Morgan fingerprint density at radius 1 is 1.41 bits per heavy atom. The van der Waals surface area contributed by atoms with Crippen LogP contribution >= 0.6 is 0 Å². The lowest BCUT2D eigenvalue weighted by molar-refractivity contribution is -0.111. The third-order valence-electron chi connectivity index (χ3n) is 5.25. The number of aryl methyl sites for hydroxylation is 1. The Kier molecular flexibility index (Phi) is 5.85.